The van der Waals surface area contributed by atoms with Crippen molar-refractivity contribution in [2.75, 3.05) is 39.3 Å². The first kappa shape index (κ1) is 17.4. The van der Waals surface area contributed by atoms with E-state index >= 15 is 0 Å². The summed E-state index contributed by atoms with van der Waals surface area (Å²) in [7, 11) is 0. The van der Waals surface area contributed by atoms with Gasteiger partial charge in [-0.25, -0.2) is 4.39 Å². The number of nitriles is 1. The summed E-state index contributed by atoms with van der Waals surface area (Å²) in [5.41, 5.74) is 1.93. The lowest BCUT2D eigenvalue weighted by atomic mass is 10.1. The Morgan fingerprint density at radius 3 is 2.32 bits per heavy atom. The van der Waals surface area contributed by atoms with Gasteiger partial charge >= 0.3 is 0 Å². The third-order valence-corrected chi connectivity index (χ3v) is 4.46. The van der Waals surface area contributed by atoms with Gasteiger partial charge in [-0.15, -0.1) is 0 Å². The SMILES string of the molecule is N#Cc1ccc(CN2CCN(CCOc3ccccc3F)CC2)cc1. The number of rotatable bonds is 6. The molecule has 0 unspecified atom stereocenters. The van der Waals surface area contributed by atoms with Crippen molar-refractivity contribution in [2.24, 2.45) is 0 Å². The number of piperazine rings is 1. The Balaban J connectivity index is 1.38. The molecule has 0 aliphatic carbocycles. The highest BCUT2D eigenvalue weighted by Crippen LogP contribution is 2.15. The van der Waals surface area contributed by atoms with E-state index in [1.165, 1.54) is 11.6 Å². The summed E-state index contributed by atoms with van der Waals surface area (Å²) in [6.07, 6.45) is 0. The van der Waals surface area contributed by atoms with Crippen molar-refractivity contribution in [2.45, 2.75) is 6.54 Å². The summed E-state index contributed by atoms with van der Waals surface area (Å²) in [6.45, 7) is 6.17. The zero-order valence-corrected chi connectivity index (χ0v) is 14.2. The summed E-state index contributed by atoms with van der Waals surface area (Å²) < 4.78 is 19.0. The van der Waals surface area contributed by atoms with Crippen LogP contribution in [0.1, 0.15) is 11.1 Å². The average Bonchev–Trinajstić information content (AvgIpc) is 2.65. The number of nitrogens with zero attached hydrogens (tertiary/aromatic N) is 3. The van der Waals surface area contributed by atoms with E-state index in [0.29, 0.717) is 17.9 Å². The molecule has 4 nitrogen and oxygen atoms in total. The van der Waals surface area contributed by atoms with Crippen LogP contribution in [0.2, 0.25) is 0 Å². The smallest absolute Gasteiger partial charge is 0.165 e. The topological polar surface area (TPSA) is 39.5 Å². The summed E-state index contributed by atoms with van der Waals surface area (Å²) in [5.74, 6) is 0.0108. The molecule has 0 amide bonds. The lowest BCUT2D eigenvalue weighted by Crippen LogP contribution is -2.47. The molecule has 0 radical (unpaired) electrons. The number of benzene rings is 2. The van der Waals surface area contributed by atoms with E-state index in [9.17, 15) is 4.39 Å². The largest absolute Gasteiger partial charge is 0.489 e. The van der Waals surface area contributed by atoms with Crippen LogP contribution in [-0.4, -0.2) is 49.1 Å². The Kier molecular flexibility index (Phi) is 5.99. The van der Waals surface area contributed by atoms with Gasteiger partial charge in [0, 0.05) is 39.3 Å². The van der Waals surface area contributed by atoms with Gasteiger partial charge in [0.15, 0.2) is 11.6 Å². The molecule has 0 spiro atoms. The third kappa shape index (κ3) is 5.02. The quantitative estimate of drug-likeness (QED) is 0.811. The first-order valence-electron chi connectivity index (χ1n) is 8.56. The minimum atomic E-state index is -0.310. The zero-order valence-electron chi connectivity index (χ0n) is 14.2. The molecule has 0 saturated carbocycles. The van der Waals surface area contributed by atoms with Crippen LogP contribution in [0.3, 0.4) is 0 Å². The van der Waals surface area contributed by atoms with Crippen molar-refractivity contribution in [3.05, 3.63) is 65.5 Å². The fraction of sp³-hybridized carbons (Fsp3) is 0.350. The molecule has 0 atom stereocenters. The number of hydrogen-bond donors (Lipinski definition) is 0. The van der Waals surface area contributed by atoms with Gasteiger partial charge < -0.3 is 4.74 Å². The van der Waals surface area contributed by atoms with Crippen molar-refractivity contribution in [1.29, 1.82) is 5.26 Å². The van der Waals surface area contributed by atoms with Gasteiger partial charge in [-0.1, -0.05) is 24.3 Å². The minimum Gasteiger partial charge on any atom is -0.489 e. The van der Waals surface area contributed by atoms with Crippen molar-refractivity contribution in [1.82, 2.24) is 9.80 Å². The molecule has 25 heavy (non-hydrogen) atoms. The molecule has 1 aliphatic rings. The van der Waals surface area contributed by atoms with E-state index in [-0.39, 0.29) is 5.82 Å². The molecule has 1 aliphatic heterocycles. The predicted octanol–water partition coefficient (Wildman–Crippen LogP) is 2.89. The van der Waals surface area contributed by atoms with Crippen LogP contribution in [-0.2, 0) is 6.54 Å². The molecular formula is C20H22FN3O. The van der Waals surface area contributed by atoms with Crippen LogP contribution >= 0.6 is 0 Å². The Hall–Kier alpha value is -2.42. The van der Waals surface area contributed by atoms with Gasteiger partial charge in [-0.2, -0.15) is 5.26 Å². The molecule has 2 aromatic rings. The lowest BCUT2D eigenvalue weighted by Gasteiger charge is -2.34. The standard InChI is InChI=1S/C20H22FN3O/c21-19-3-1-2-4-20(19)25-14-13-23-9-11-24(12-10-23)16-18-7-5-17(15-22)6-8-18/h1-8H,9-14,16H2. The van der Waals surface area contributed by atoms with Crippen molar-refractivity contribution in [3.8, 4) is 11.8 Å². The van der Waals surface area contributed by atoms with E-state index in [1.54, 1.807) is 18.2 Å². The third-order valence-electron chi connectivity index (χ3n) is 4.46. The first-order valence-corrected chi connectivity index (χ1v) is 8.56. The molecule has 130 valence electrons. The van der Waals surface area contributed by atoms with E-state index in [1.807, 2.05) is 24.3 Å². The van der Waals surface area contributed by atoms with Crippen LogP contribution in [0.15, 0.2) is 48.5 Å². The number of halogens is 1. The monoisotopic (exact) mass is 339 g/mol. The number of para-hydroxylation sites is 1. The van der Waals surface area contributed by atoms with Gasteiger partial charge in [-0.3, -0.25) is 9.80 Å². The molecule has 0 N–H and O–H groups in total. The summed E-state index contributed by atoms with van der Waals surface area (Å²) in [4.78, 5) is 4.76. The van der Waals surface area contributed by atoms with Crippen molar-refractivity contribution >= 4 is 0 Å². The molecule has 5 heteroatoms. The Morgan fingerprint density at radius 2 is 1.64 bits per heavy atom. The number of hydrogen-bond acceptors (Lipinski definition) is 4. The van der Waals surface area contributed by atoms with E-state index < -0.39 is 0 Å². The van der Waals surface area contributed by atoms with E-state index in [2.05, 4.69) is 15.9 Å². The maximum Gasteiger partial charge on any atom is 0.165 e. The van der Waals surface area contributed by atoms with Gasteiger partial charge in [0.25, 0.3) is 0 Å². The van der Waals surface area contributed by atoms with Gasteiger partial charge in [0.05, 0.1) is 11.6 Å². The van der Waals surface area contributed by atoms with Crippen LogP contribution in [0, 0.1) is 17.1 Å². The highest BCUT2D eigenvalue weighted by molar-refractivity contribution is 5.31. The van der Waals surface area contributed by atoms with Gasteiger partial charge in [0.2, 0.25) is 0 Å². The van der Waals surface area contributed by atoms with E-state index in [4.69, 9.17) is 10.00 Å². The Morgan fingerprint density at radius 1 is 0.960 bits per heavy atom. The van der Waals surface area contributed by atoms with Gasteiger partial charge in [-0.05, 0) is 29.8 Å². The maximum absolute atomic E-state index is 13.5. The normalized spacial score (nSPS) is 15.7. The lowest BCUT2D eigenvalue weighted by molar-refractivity contribution is 0.112. The molecule has 1 fully saturated rings. The van der Waals surface area contributed by atoms with Crippen LogP contribution in [0.5, 0.6) is 5.75 Å². The van der Waals surface area contributed by atoms with Gasteiger partial charge in [0.1, 0.15) is 6.61 Å². The highest BCUT2D eigenvalue weighted by Gasteiger charge is 2.17. The molecule has 3 rings (SSSR count). The Bertz CT molecular complexity index is 718. The van der Waals surface area contributed by atoms with Crippen LogP contribution in [0.25, 0.3) is 0 Å². The minimum absolute atomic E-state index is 0.310. The first-order chi connectivity index (χ1) is 12.2. The number of ether oxygens (including phenoxy) is 1. The molecule has 1 heterocycles. The second kappa shape index (κ2) is 8.61. The van der Waals surface area contributed by atoms with Crippen molar-refractivity contribution in [3.63, 3.8) is 0 Å². The second-order valence-electron chi connectivity index (χ2n) is 6.21. The molecule has 1 saturated heterocycles. The molecule has 2 aromatic carbocycles. The fourth-order valence-electron chi connectivity index (χ4n) is 2.96. The summed E-state index contributed by atoms with van der Waals surface area (Å²) >= 11 is 0. The van der Waals surface area contributed by atoms with Crippen LogP contribution < -0.4 is 4.74 Å². The molecular weight excluding hydrogens is 317 g/mol. The highest BCUT2D eigenvalue weighted by atomic mass is 19.1. The fourth-order valence-corrected chi connectivity index (χ4v) is 2.96. The summed E-state index contributed by atoms with van der Waals surface area (Å²) in [5, 5.41) is 8.84. The second-order valence-corrected chi connectivity index (χ2v) is 6.21. The van der Waals surface area contributed by atoms with Crippen LogP contribution in [0.4, 0.5) is 4.39 Å². The Labute approximate surface area is 148 Å². The maximum atomic E-state index is 13.5. The summed E-state index contributed by atoms with van der Waals surface area (Å²) in [6, 6.07) is 16.4. The molecule has 0 bridgehead atoms. The van der Waals surface area contributed by atoms with Crippen molar-refractivity contribution < 1.29 is 9.13 Å². The zero-order chi connectivity index (χ0) is 17.5. The van der Waals surface area contributed by atoms with E-state index in [0.717, 1.165) is 39.3 Å². The average molecular weight is 339 g/mol. The molecule has 0 aromatic heterocycles. The predicted molar refractivity (Wildman–Crippen MR) is 94.8 cm³/mol.